The van der Waals surface area contributed by atoms with E-state index in [1.54, 1.807) is 7.11 Å². The molecule has 0 aromatic heterocycles. The monoisotopic (exact) mass is 512 g/mol. The van der Waals surface area contributed by atoms with Crippen LogP contribution in [0.1, 0.15) is 53.9 Å². The predicted molar refractivity (Wildman–Crippen MR) is 139 cm³/mol. The van der Waals surface area contributed by atoms with E-state index in [1.807, 2.05) is 13.0 Å². The Morgan fingerprint density at radius 1 is 1.25 bits per heavy atom. The zero-order valence-corrected chi connectivity index (χ0v) is 23.9. The number of methoxy groups -OCH3 is 1. The lowest BCUT2D eigenvalue weighted by molar-refractivity contribution is -0.0622. The molecule has 2 aliphatic rings. The summed E-state index contributed by atoms with van der Waals surface area (Å²) in [7, 11) is -0.641. The maximum atomic E-state index is 10.6. The van der Waals surface area contributed by atoms with Gasteiger partial charge in [-0.15, -0.1) is 0 Å². The first-order chi connectivity index (χ1) is 16.8. The second-order valence-corrected chi connectivity index (χ2v) is 16.0. The SMILES string of the molecule is CCCC[C@@H](OCOC)/C(C)=C1\C(CO[Si](C)(C)C(C)(C)C)=C[C@@H]2COC(=N)[C@]2(C#N)C1(C#N)C#N. The van der Waals surface area contributed by atoms with Crippen LogP contribution in [0.2, 0.25) is 18.1 Å². The van der Waals surface area contributed by atoms with E-state index in [-0.39, 0.29) is 30.9 Å². The zero-order chi connectivity index (χ0) is 27.4. The molecule has 0 unspecified atom stereocenters. The van der Waals surface area contributed by atoms with Crippen molar-refractivity contribution < 1.29 is 18.6 Å². The predicted octanol–water partition coefficient (Wildman–Crippen LogP) is 5.61. The van der Waals surface area contributed by atoms with E-state index in [2.05, 4.69) is 59.0 Å². The highest BCUT2D eigenvalue weighted by Crippen LogP contribution is 2.59. The lowest BCUT2D eigenvalue weighted by Crippen LogP contribution is -2.52. The molecule has 0 radical (unpaired) electrons. The van der Waals surface area contributed by atoms with Crippen LogP contribution in [0.4, 0.5) is 0 Å². The Morgan fingerprint density at radius 2 is 1.89 bits per heavy atom. The molecular formula is C27H40N4O4Si. The van der Waals surface area contributed by atoms with Gasteiger partial charge in [0, 0.05) is 13.0 Å². The topological polar surface area (TPSA) is 132 Å². The summed E-state index contributed by atoms with van der Waals surface area (Å²) in [4.78, 5) is 0. The Bertz CT molecular complexity index is 1020. The number of hydrogen-bond acceptors (Lipinski definition) is 8. The number of nitrogens with zero attached hydrogens (tertiary/aromatic N) is 3. The van der Waals surface area contributed by atoms with Crippen molar-refractivity contribution >= 4 is 14.2 Å². The highest BCUT2D eigenvalue weighted by Gasteiger charge is 2.69. The molecule has 196 valence electrons. The van der Waals surface area contributed by atoms with Gasteiger partial charge >= 0.3 is 0 Å². The van der Waals surface area contributed by atoms with E-state index in [9.17, 15) is 15.8 Å². The van der Waals surface area contributed by atoms with Gasteiger partial charge in [0.15, 0.2) is 19.1 Å². The molecule has 0 spiro atoms. The largest absolute Gasteiger partial charge is 0.479 e. The van der Waals surface area contributed by atoms with Crippen LogP contribution in [0.15, 0.2) is 22.8 Å². The van der Waals surface area contributed by atoms with Gasteiger partial charge in [-0.1, -0.05) is 46.6 Å². The minimum atomic E-state index is -2.18. The van der Waals surface area contributed by atoms with Gasteiger partial charge in [0.1, 0.15) is 6.79 Å². The second kappa shape index (κ2) is 11.3. The van der Waals surface area contributed by atoms with Crippen molar-refractivity contribution in [3.8, 4) is 18.2 Å². The van der Waals surface area contributed by atoms with Crippen LogP contribution in [0.25, 0.3) is 0 Å². The van der Waals surface area contributed by atoms with Crippen LogP contribution in [0, 0.1) is 56.2 Å². The highest BCUT2D eigenvalue weighted by atomic mass is 28.4. The van der Waals surface area contributed by atoms with Crippen molar-refractivity contribution in [3.05, 3.63) is 22.8 Å². The van der Waals surface area contributed by atoms with Gasteiger partial charge in [-0.3, -0.25) is 5.41 Å². The average molecular weight is 513 g/mol. The van der Waals surface area contributed by atoms with Gasteiger partial charge in [0.05, 0.1) is 37.5 Å². The van der Waals surface area contributed by atoms with Crippen molar-refractivity contribution in [2.24, 2.45) is 16.7 Å². The van der Waals surface area contributed by atoms with Crippen molar-refractivity contribution in [1.82, 2.24) is 0 Å². The smallest absolute Gasteiger partial charge is 0.205 e. The molecule has 0 aromatic carbocycles. The molecule has 0 amide bonds. The van der Waals surface area contributed by atoms with Gasteiger partial charge in [0.25, 0.3) is 0 Å². The minimum Gasteiger partial charge on any atom is -0.479 e. The van der Waals surface area contributed by atoms with Crippen LogP contribution < -0.4 is 0 Å². The van der Waals surface area contributed by atoms with Gasteiger partial charge in [-0.25, -0.2) is 0 Å². The maximum Gasteiger partial charge on any atom is 0.205 e. The Balaban J connectivity index is 2.83. The first-order valence-corrected chi connectivity index (χ1v) is 15.4. The number of hydrogen-bond donors (Lipinski definition) is 1. The quantitative estimate of drug-likeness (QED) is 0.297. The van der Waals surface area contributed by atoms with E-state index in [1.165, 1.54) is 0 Å². The van der Waals surface area contributed by atoms with Crippen LogP contribution >= 0.6 is 0 Å². The van der Waals surface area contributed by atoms with E-state index in [4.69, 9.17) is 24.0 Å². The number of nitrogens with one attached hydrogen (secondary N) is 1. The summed E-state index contributed by atoms with van der Waals surface area (Å²) in [5.74, 6) is -0.954. The summed E-state index contributed by atoms with van der Waals surface area (Å²) >= 11 is 0. The number of unbranched alkanes of at least 4 members (excludes halogenated alkanes) is 1. The van der Waals surface area contributed by atoms with E-state index < -0.39 is 31.2 Å². The Labute approximate surface area is 217 Å². The van der Waals surface area contributed by atoms with Crippen molar-refractivity contribution in [2.75, 3.05) is 27.1 Å². The minimum absolute atomic E-state index is 0.0388. The molecule has 1 aliphatic carbocycles. The standard InChI is InChI=1S/C27H40N4O4Si/c1-9-10-11-22(34-18-32-6)19(2)23-20(13-35-36(7,8)25(3,4)5)12-21-14-33-24(31)27(21,17-30)26(23,15-28)16-29/h12,21-22,31H,9-11,13-14,18H2,1-8H3/b23-19+,31-24?/t21-,22-,27-/m1/s1. The molecule has 1 fully saturated rings. The van der Waals surface area contributed by atoms with E-state index in [0.717, 1.165) is 12.8 Å². The molecule has 1 N–H and O–H groups in total. The molecule has 0 saturated carbocycles. The first-order valence-electron chi connectivity index (χ1n) is 12.5. The summed E-state index contributed by atoms with van der Waals surface area (Å²) in [6.45, 7) is 15.0. The van der Waals surface area contributed by atoms with Crippen LogP contribution in [0.3, 0.4) is 0 Å². The molecular weight excluding hydrogens is 472 g/mol. The Morgan fingerprint density at radius 3 is 2.39 bits per heavy atom. The second-order valence-electron chi connectivity index (χ2n) is 11.1. The van der Waals surface area contributed by atoms with Crippen molar-refractivity contribution in [2.45, 2.75) is 78.1 Å². The third kappa shape index (κ3) is 4.88. The van der Waals surface area contributed by atoms with Gasteiger partial charge in [-0.05, 0) is 48.2 Å². The lowest BCUT2D eigenvalue weighted by Gasteiger charge is -2.44. The summed E-state index contributed by atoms with van der Waals surface area (Å²) in [6, 6.07) is 6.54. The molecule has 0 aromatic rings. The molecule has 36 heavy (non-hydrogen) atoms. The molecule has 9 heteroatoms. The molecule has 1 saturated heterocycles. The lowest BCUT2D eigenvalue weighted by atomic mass is 9.51. The number of nitriles is 3. The normalized spacial score (nSPS) is 25.5. The van der Waals surface area contributed by atoms with Crippen LogP contribution in [0.5, 0.6) is 0 Å². The number of rotatable bonds is 10. The average Bonchev–Trinajstić information content (AvgIpc) is 3.17. The summed E-state index contributed by atoms with van der Waals surface area (Å²) < 4.78 is 23.3. The fourth-order valence-electron chi connectivity index (χ4n) is 4.77. The molecule has 1 aliphatic heterocycles. The highest BCUT2D eigenvalue weighted by molar-refractivity contribution is 6.74. The summed E-state index contributed by atoms with van der Waals surface area (Å²) in [5, 5.41) is 40.1. The van der Waals surface area contributed by atoms with E-state index in [0.29, 0.717) is 23.1 Å². The summed E-state index contributed by atoms with van der Waals surface area (Å²) in [5.41, 5.74) is -1.91. The van der Waals surface area contributed by atoms with Gasteiger partial charge in [-0.2, -0.15) is 15.8 Å². The molecule has 1 heterocycles. The maximum absolute atomic E-state index is 10.6. The molecule has 8 nitrogen and oxygen atoms in total. The third-order valence-corrected chi connectivity index (χ3v) is 12.5. The van der Waals surface area contributed by atoms with Crippen molar-refractivity contribution in [3.63, 3.8) is 0 Å². The van der Waals surface area contributed by atoms with Crippen LogP contribution in [-0.2, 0) is 18.6 Å². The van der Waals surface area contributed by atoms with E-state index >= 15 is 0 Å². The Hall–Kier alpha value is -2.48. The van der Waals surface area contributed by atoms with Gasteiger partial charge in [0.2, 0.25) is 5.90 Å². The molecule has 3 atom stereocenters. The zero-order valence-electron chi connectivity index (χ0n) is 22.9. The van der Waals surface area contributed by atoms with Gasteiger partial charge < -0.3 is 18.6 Å². The van der Waals surface area contributed by atoms with Crippen molar-refractivity contribution in [1.29, 1.82) is 21.2 Å². The number of ether oxygens (including phenoxy) is 3. The summed E-state index contributed by atoms with van der Waals surface area (Å²) in [6.07, 6.45) is 3.93. The fraction of sp³-hybridized carbons (Fsp3) is 0.704. The first kappa shape index (κ1) is 29.7. The van der Waals surface area contributed by atoms with Crippen LogP contribution in [-0.4, -0.2) is 47.4 Å². The molecule has 2 rings (SSSR count). The fourth-order valence-corrected chi connectivity index (χ4v) is 5.72. The Kier molecular flexibility index (Phi) is 9.32. The molecule has 0 bridgehead atoms. The third-order valence-electron chi connectivity index (χ3n) is 8.00. The number of fused-ring (bicyclic) bond motifs is 1.